The molecule has 0 spiro atoms. The molecule has 0 atom stereocenters. The van der Waals surface area contributed by atoms with Crippen LogP contribution in [0.2, 0.25) is 0 Å². The first-order valence-corrected chi connectivity index (χ1v) is 13.0. The average Bonchev–Trinajstić information content (AvgIpc) is 2.92. The lowest BCUT2D eigenvalue weighted by Crippen LogP contribution is -2.32. The van der Waals surface area contributed by atoms with Crippen LogP contribution in [-0.2, 0) is 6.42 Å². The molecule has 32 heavy (non-hydrogen) atoms. The van der Waals surface area contributed by atoms with Gasteiger partial charge in [0.25, 0.3) is 0 Å². The second kappa shape index (κ2) is 11.7. The van der Waals surface area contributed by atoms with Gasteiger partial charge >= 0.3 is 0 Å². The Labute approximate surface area is 200 Å². The number of piperidine rings is 1. The summed E-state index contributed by atoms with van der Waals surface area (Å²) in [5.41, 5.74) is 11.3. The minimum Gasteiger partial charge on any atom is -0.298 e. The number of fused-ring (bicyclic) bond motifs is 1. The number of likely N-dealkylation sites (tertiary alicyclic amines) is 1. The molecule has 0 aromatic heterocycles. The number of rotatable bonds is 7. The second-order valence-corrected chi connectivity index (χ2v) is 10.1. The Morgan fingerprint density at radius 1 is 1.12 bits per heavy atom. The predicted molar refractivity (Wildman–Crippen MR) is 145 cm³/mol. The van der Waals surface area contributed by atoms with Gasteiger partial charge in [0.05, 0.1) is 0 Å². The average molecular weight is 446 g/mol. The van der Waals surface area contributed by atoms with E-state index in [-0.39, 0.29) is 0 Å². The molecule has 1 aromatic carbocycles. The minimum absolute atomic E-state index is 0.955. The molecule has 2 heteroatoms. The molecule has 1 aliphatic heterocycles. The van der Waals surface area contributed by atoms with Crippen LogP contribution in [0.15, 0.2) is 88.4 Å². The molecular formula is C30H39NS. The Kier molecular flexibility index (Phi) is 9.02. The maximum absolute atomic E-state index is 4.50. The fourth-order valence-corrected chi connectivity index (χ4v) is 5.69. The van der Waals surface area contributed by atoms with Gasteiger partial charge in [-0.3, -0.25) is 4.90 Å². The van der Waals surface area contributed by atoms with E-state index in [9.17, 15) is 0 Å². The quantitative estimate of drug-likeness (QED) is 0.390. The summed E-state index contributed by atoms with van der Waals surface area (Å²) < 4.78 is 0. The monoisotopic (exact) mass is 445 g/mol. The fourth-order valence-electron chi connectivity index (χ4n) is 4.71. The third-order valence-electron chi connectivity index (χ3n) is 6.51. The third kappa shape index (κ3) is 5.85. The van der Waals surface area contributed by atoms with Crippen LogP contribution in [0.25, 0.3) is 5.57 Å². The molecule has 1 saturated heterocycles. The molecule has 170 valence electrons. The van der Waals surface area contributed by atoms with E-state index in [1.54, 1.807) is 5.57 Å². The highest BCUT2D eigenvalue weighted by Gasteiger charge is 2.26. The van der Waals surface area contributed by atoms with Crippen LogP contribution in [0, 0.1) is 0 Å². The second-order valence-electron chi connectivity index (χ2n) is 8.81. The van der Waals surface area contributed by atoms with E-state index in [1.807, 2.05) is 11.8 Å². The number of hydrogen-bond acceptors (Lipinski definition) is 2. The van der Waals surface area contributed by atoms with Crippen molar-refractivity contribution < 1.29 is 0 Å². The smallest absolute Gasteiger partial charge is 0.0228 e. The van der Waals surface area contributed by atoms with Crippen LogP contribution < -0.4 is 0 Å². The first kappa shape index (κ1) is 24.6. The molecule has 0 radical (unpaired) electrons. The summed E-state index contributed by atoms with van der Waals surface area (Å²) >= 11 is 1.97. The van der Waals surface area contributed by atoms with Gasteiger partial charge in [0.1, 0.15) is 0 Å². The van der Waals surface area contributed by atoms with E-state index in [2.05, 4.69) is 88.2 Å². The van der Waals surface area contributed by atoms with E-state index in [4.69, 9.17) is 0 Å². The van der Waals surface area contributed by atoms with Crippen LogP contribution in [0.3, 0.4) is 0 Å². The van der Waals surface area contributed by atoms with Gasteiger partial charge in [-0.1, -0.05) is 80.6 Å². The largest absolute Gasteiger partial charge is 0.298 e. The summed E-state index contributed by atoms with van der Waals surface area (Å²) in [7, 11) is 0. The molecule has 1 fully saturated rings. The number of hydrogen-bond donors (Lipinski definition) is 0. The van der Waals surface area contributed by atoms with E-state index in [0.717, 1.165) is 51.1 Å². The molecule has 1 aromatic rings. The summed E-state index contributed by atoms with van der Waals surface area (Å²) in [6.07, 6.45) is 10.8. The van der Waals surface area contributed by atoms with Crippen molar-refractivity contribution in [1.82, 2.24) is 4.90 Å². The standard InChI is InChI=1S/C30H39NS/c1-7-22(4)14-15-23(5)21-31-18-16-25(17-19-31)29-27(8-2)30(32-9-3)24(6)20-26-12-10-11-13-28(26)29/h7,10-15H,5-6,8-9,16-21H2,1-4H3/b15-14-,22-7-. The van der Waals surface area contributed by atoms with Gasteiger partial charge in [0, 0.05) is 24.5 Å². The van der Waals surface area contributed by atoms with Crippen molar-refractivity contribution in [2.45, 2.75) is 53.4 Å². The third-order valence-corrected chi connectivity index (χ3v) is 7.62. The van der Waals surface area contributed by atoms with Gasteiger partial charge in [0.2, 0.25) is 0 Å². The maximum Gasteiger partial charge on any atom is 0.0228 e. The zero-order valence-electron chi connectivity index (χ0n) is 20.5. The predicted octanol–water partition coefficient (Wildman–Crippen LogP) is 8.14. The Hall–Kier alpha value is -2.03. The van der Waals surface area contributed by atoms with Crippen LogP contribution >= 0.6 is 11.8 Å². The van der Waals surface area contributed by atoms with Gasteiger partial charge in [-0.05, 0) is 78.7 Å². The Bertz CT molecular complexity index is 976. The van der Waals surface area contributed by atoms with Crippen LogP contribution in [-0.4, -0.2) is 30.3 Å². The number of allylic oxidation sites excluding steroid dienone is 6. The number of nitrogens with zero attached hydrogens (tertiary/aromatic N) is 1. The summed E-state index contributed by atoms with van der Waals surface area (Å²) in [4.78, 5) is 3.99. The van der Waals surface area contributed by atoms with Crippen molar-refractivity contribution in [2.75, 3.05) is 25.4 Å². The molecule has 1 aliphatic carbocycles. The van der Waals surface area contributed by atoms with Crippen molar-refractivity contribution in [3.05, 3.63) is 99.5 Å². The Morgan fingerprint density at radius 2 is 1.84 bits per heavy atom. The summed E-state index contributed by atoms with van der Waals surface area (Å²) in [5.74, 6) is 1.09. The molecule has 1 nitrogen and oxygen atoms in total. The highest BCUT2D eigenvalue weighted by molar-refractivity contribution is 8.03. The van der Waals surface area contributed by atoms with Crippen LogP contribution in [0.5, 0.6) is 0 Å². The van der Waals surface area contributed by atoms with Gasteiger partial charge in [-0.25, -0.2) is 0 Å². The van der Waals surface area contributed by atoms with Crippen molar-refractivity contribution in [1.29, 1.82) is 0 Å². The Morgan fingerprint density at radius 3 is 2.50 bits per heavy atom. The van der Waals surface area contributed by atoms with E-state index < -0.39 is 0 Å². The van der Waals surface area contributed by atoms with Gasteiger partial charge in [0.15, 0.2) is 0 Å². The first-order chi connectivity index (χ1) is 15.5. The molecule has 0 saturated carbocycles. The summed E-state index contributed by atoms with van der Waals surface area (Å²) in [5, 5.41) is 0. The SMILES string of the molecule is C=C(/C=C\C(C)=C/C)CN1CCC(=C2C(CC)=C(SCC)C(=C)Cc3ccccc32)CC1. The normalized spacial score (nSPS) is 18.4. The molecule has 0 N–H and O–H groups in total. The minimum atomic E-state index is 0.955. The molecule has 0 amide bonds. The van der Waals surface area contributed by atoms with Gasteiger partial charge in [-0.2, -0.15) is 0 Å². The summed E-state index contributed by atoms with van der Waals surface area (Å²) in [6, 6.07) is 9.01. The molecule has 3 rings (SSSR count). The van der Waals surface area contributed by atoms with Crippen molar-refractivity contribution in [3.63, 3.8) is 0 Å². The Balaban J connectivity index is 1.89. The lowest BCUT2D eigenvalue weighted by atomic mass is 9.86. The van der Waals surface area contributed by atoms with E-state index >= 15 is 0 Å². The first-order valence-electron chi connectivity index (χ1n) is 12.0. The van der Waals surface area contributed by atoms with Crippen LogP contribution in [0.1, 0.15) is 58.1 Å². The summed E-state index contributed by atoms with van der Waals surface area (Å²) in [6.45, 7) is 20.7. The van der Waals surface area contributed by atoms with Crippen LogP contribution in [0.4, 0.5) is 0 Å². The highest BCUT2D eigenvalue weighted by Crippen LogP contribution is 2.44. The van der Waals surface area contributed by atoms with Gasteiger partial charge < -0.3 is 0 Å². The molecule has 0 bridgehead atoms. The lowest BCUT2D eigenvalue weighted by Gasteiger charge is -2.31. The number of benzene rings is 1. The topological polar surface area (TPSA) is 3.24 Å². The van der Waals surface area contributed by atoms with Crippen molar-refractivity contribution >= 4 is 17.3 Å². The van der Waals surface area contributed by atoms with Gasteiger partial charge in [-0.15, -0.1) is 11.8 Å². The fraction of sp³-hybridized carbons (Fsp3) is 0.400. The molecular weight excluding hydrogens is 406 g/mol. The number of thioether (sulfide) groups is 1. The zero-order valence-corrected chi connectivity index (χ0v) is 21.3. The maximum atomic E-state index is 4.50. The molecule has 1 heterocycles. The van der Waals surface area contributed by atoms with E-state index in [1.165, 1.54) is 43.9 Å². The van der Waals surface area contributed by atoms with Crippen molar-refractivity contribution in [3.8, 4) is 0 Å². The lowest BCUT2D eigenvalue weighted by molar-refractivity contribution is 0.279. The highest BCUT2D eigenvalue weighted by atomic mass is 32.2. The molecule has 2 aliphatic rings. The van der Waals surface area contributed by atoms with Crippen molar-refractivity contribution in [2.24, 2.45) is 0 Å². The molecule has 0 unspecified atom stereocenters. The van der Waals surface area contributed by atoms with E-state index in [0.29, 0.717) is 0 Å². The zero-order chi connectivity index (χ0) is 23.1.